The van der Waals surface area contributed by atoms with Gasteiger partial charge < -0.3 is 18.9 Å². The summed E-state index contributed by atoms with van der Waals surface area (Å²) in [5.74, 6) is 0.953. The molecule has 37 heavy (non-hydrogen) atoms. The Hall–Kier alpha value is -1.62. The summed E-state index contributed by atoms with van der Waals surface area (Å²) in [5.41, 5.74) is 0. The van der Waals surface area contributed by atoms with Crippen LogP contribution in [0.3, 0.4) is 0 Å². The van der Waals surface area contributed by atoms with Crippen molar-refractivity contribution in [2.24, 2.45) is 0 Å². The van der Waals surface area contributed by atoms with Gasteiger partial charge in [0.25, 0.3) is 0 Å². The Morgan fingerprint density at radius 3 is 1.81 bits per heavy atom. The molecule has 1 atom stereocenters. The number of hydrogen-bond acceptors (Lipinski definition) is 4. The van der Waals surface area contributed by atoms with Gasteiger partial charge in [-0.3, -0.25) is 0 Å². The van der Waals surface area contributed by atoms with Gasteiger partial charge in [0.1, 0.15) is 11.9 Å². The molecule has 0 N–H and O–H groups in total. The highest BCUT2D eigenvalue weighted by molar-refractivity contribution is 5.88. The normalized spacial score (nSPS) is 12.3. The van der Waals surface area contributed by atoms with Crippen LogP contribution in [0.1, 0.15) is 104 Å². The first-order chi connectivity index (χ1) is 18.3. The molecule has 0 aliphatic carbocycles. The third-order valence-electron chi connectivity index (χ3n) is 6.92. The van der Waals surface area contributed by atoms with Crippen LogP contribution in [0.5, 0.6) is 5.75 Å². The van der Waals surface area contributed by atoms with Crippen molar-refractivity contribution in [2.45, 2.75) is 110 Å². The molecule has 1 unspecified atom stereocenters. The fourth-order valence-corrected chi connectivity index (χ4v) is 4.74. The Labute approximate surface area is 227 Å². The number of rotatable bonds is 25. The molecule has 0 aliphatic rings. The molecule has 2 rings (SSSR count). The zero-order chi connectivity index (χ0) is 26.2. The third kappa shape index (κ3) is 15.4. The van der Waals surface area contributed by atoms with Crippen molar-refractivity contribution in [3.63, 3.8) is 0 Å². The second kappa shape index (κ2) is 22.4. The first-order valence-corrected chi connectivity index (χ1v) is 15.2. The summed E-state index contributed by atoms with van der Waals surface area (Å²) in [5, 5.41) is 2.38. The van der Waals surface area contributed by atoms with Crippen molar-refractivity contribution >= 4 is 10.8 Å². The van der Waals surface area contributed by atoms with E-state index in [1.54, 1.807) is 0 Å². The van der Waals surface area contributed by atoms with Gasteiger partial charge in [0.05, 0.1) is 33.0 Å². The molecule has 0 heterocycles. The van der Waals surface area contributed by atoms with E-state index in [1.165, 1.54) is 94.2 Å². The van der Waals surface area contributed by atoms with Crippen molar-refractivity contribution < 1.29 is 18.9 Å². The monoisotopic (exact) mass is 514 g/mol. The van der Waals surface area contributed by atoms with E-state index in [0.717, 1.165) is 18.8 Å². The lowest BCUT2D eigenvalue weighted by Crippen LogP contribution is -2.24. The SMILES string of the molecule is CCCCCCCCCCCCCCCC(COCCOCCOCC)Oc1cccc2ccccc12. The molecule has 0 fully saturated rings. The fraction of sp³-hybridized carbons (Fsp3) is 0.697. The maximum Gasteiger partial charge on any atom is 0.127 e. The molecular formula is C33H54O4. The van der Waals surface area contributed by atoms with Gasteiger partial charge in [-0.25, -0.2) is 0 Å². The number of hydrogen-bond donors (Lipinski definition) is 0. The van der Waals surface area contributed by atoms with Crippen LogP contribution in [0, 0.1) is 0 Å². The molecule has 0 saturated heterocycles. The van der Waals surface area contributed by atoms with Gasteiger partial charge in [-0.05, 0) is 31.2 Å². The van der Waals surface area contributed by atoms with Crippen molar-refractivity contribution in [2.75, 3.05) is 39.6 Å². The van der Waals surface area contributed by atoms with Crippen molar-refractivity contribution in [3.05, 3.63) is 42.5 Å². The minimum atomic E-state index is 0.0574. The Morgan fingerprint density at radius 1 is 0.568 bits per heavy atom. The first-order valence-electron chi connectivity index (χ1n) is 15.2. The summed E-state index contributed by atoms with van der Waals surface area (Å²) in [6.45, 7) is 8.04. The van der Waals surface area contributed by atoms with Gasteiger partial charge in [-0.15, -0.1) is 0 Å². The maximum atomic E-state index is 6.51. The number of ether oxygens (including phenoxy) is 4. The largest absolute Gasteiger partial charge is 0.487 e. The molecule has 4 heteroatoms. The second-order valence-electron chi connectivity index (χ2n) is 10.1. The smallest absolute Gasteiger partial charge is 0.127 e. The topological polar surface area (TPSA) is 36.9 Å². The number of unbranched alkanes of at least 4 members (excludes halogenated alkanes) is 12. The zero-order valence-electron chi connectivity index (χ0n) is 23.9. The van der Waals surface area contributed by atoms with Gasteiger partial charge in [-0.1, -0.05) is 120 Å². The Kier molecular flexibility index (Phi) is 19.1. The second-order valence-corrected chi connectivity index (χ2v) is 10.1. The maximum absolute atomic E-state index is 6.51. The molecule has 0 radical (unpaired) electrons. The quantitative estimate of drug-likeness (QED) is 0.124. The number of benzene rings is 2. The summed E-state index contributed by atoms with van der Waals surface area (Å²) in [7, 11) is 0. The van der Waals surface area contributed by atoms with E-state index in [0.29, 0.717) is 33.0 Å². The average Bonchev–Trinajstić information content (AvgIpc) is 2.92. The summed E-state index contributed by atoms with van der Waals surface area (Å²) in [6, 6.07) is 14.7. The molecule has 210 valence electrons. The van der Waals surface area contributed by atoms with Crippen LogP contribution in [0.15, 0.2) is 42.5 Å². The molecule has 4 nitrogen and oxygen atoms in total. The van der Waals surface area contributed by atoms with Crippen molar-refractivity contribution in [1.29, 1.82) is 0 Å². The van der Waals surface area contributed by atoms with Crippen LogP contribution >= 0.6 is 0 Å². The predicted molar refractivity (Wildman–Crippen MR) is 157 cm³/mol. The van der Waals surface area contributed by atoms with Gasteiger partial charge in [0, 0.05) is 12.0 Å². The van der Waals surface area contributed by atoms with Crippen molar-refractivity contribution in [1.82, 2.24) is 0 Å². The van der Waals surface area contributed by atoms with Gasteiger partial charge >= 0.3 is 0 Å². The highest BCUT2D eigenvalue weighted by Gasteiger charge is 2.13. The molecule has 0 spiro atoms. The van der Waals surface area contributed by atoms with E-state index in [9.17, 15) is 0 Å². The lowest BCUT2D eigenvalue weighted by molar-refractivity contribution is -0.00489. The minimum Gasteiger partial charge on any atom is -0.487 e. The Morgan fingerprint density at radius 2 is 1.14 bits per heavy atom. The number of fused-ring (bicyclic) bond motifs is 1. The molecule has 2 aromatic carbocycles. The fourth-order valence-electron chi connectivity index (χ4n) is 4.74. The van der Waals surface area contributed by atoms with Gasteiger partial charge in [-0.2, -0.15) is 0 Å². The average molecular weight is 515 g/mol. The third-order valence-corrected chi connectivity index (χ3v) is 6.92. The highest BCUT2D eigenvalue weighted by Crippen LogP contribution is 2.27. The Bertz CT molecular complexity index is 773. The first kappa shape index (κ1) is 31.6. The Balaban J connectivity index is 1.65. The van der Waals surface area contributed by atoms with Crippen molar-refractivity contribution in [3.8, 4) is 5.75 Å². The molecule has 0 aliphatic heterocycles. The van der Waals surface area contributed by atoms with E-state index < -0.39 is 0 Å². The van der Waals surface area contributed by atoms with E-state index in [2.05, 4.69) is 49.4 Å². The van der Waals surface area contributed by atoms with Crippen LogP contribution in [0.25, 0.3) is 10.8 Å². The zero-order valence-corrected chi connectivity index (χ0v) is 23.9. The summed E-state index contributed by atoms with van der Waals surface area (Å²) >= 11 is 0. The highest BCUT2D eigenvalue weighted by atomic mass is 16.6. The predicted octanol–water partition coefficient (Wildman–Crippen LogP) is 9.14. The van der Waals surface area contributed by atoms with Crippen LogP contribution in [0.2, 0.25) is 0 Å². The molecule has 0 amide bonds. The van der Waals surface area contributed by atoms with Crippen LogP contribution in [-0.2, 0) is 14.2 Å². The molecule has 0 bridgehead atoms. The minimum absolute atomic E-state index is 0.0574. The van der Waals surface area contributed by atoms with E-state index in [4.69, 9.17) is 18.9 Å². The van der Waals surface area contributed by atoms with E-state index in [1.807, 2.05) is 6.92 Å². The lowest BCUT2D eigenvalue weighted by Gasteiger charge is -2.20. The summed E-state index contributed by atoms with van der Waals surface area (Å²) < 4.78 is 23.4. The molecule has 0 aromatic heterocycles. The van der Waals surface area contributed by atoms with Crippen LogP contribution in [0.4, 0.5) is 0 Å². The molecule has 2 aromatic rings. The van der Waals surface area contributed by atoms with E-state index in [-0.39, 0.29) is 6.10 Å². The molecule has 0 saturated carbocycles. The summed E-state index contributed by atoms with van der Waals surface area (Å²) in [4.78, 5) is 0. The summed E-state index contributed by atoms with van der Waals surface area (Å²) in [6.07, 6.45) is 18.9. The van der Waals surface area contributed by atoms with Crippen LogP contribution in [-0.4, -0.2) is 45.7 Å². The standard InChI is InChI=1S/C33H54O4/c1-3-5-6-7-8-9-10-11-12-13-14-15-16-22-31(29-36-28-27-35-26-25-34-4-2)37-33-24-19-21-30-20-17-18-23-32(30)33/h17-21,23-24,31H,3-16,22,25-29H2,1-2H3. The van der Waals surface area contributed by atoms with Gasteiger partial charge in [0.2, 0.25) is 0 Å². The lowest BCUT2D eigenvalue weighted by atomic mass is 10.0. The van der Waals surface area contributed by atoms with Crippen LogP contribution < -0.4 is 4.74 Å². The molecular weight excluding hydrogens is 460 g/mol. The van der Waals surface area contributed by atoms with Gasteiger partial charge in [0.15, 0.2) is 0 Å². The van der Waals surface area contributed by atoms with E-state index >= 15 is 0 Å².